The molecule has 0 aliphatic carbocycles. The zero-order valence-corrected chi connectivity index (χ0v) is 12.5. The van der Waals surface area contributed by atoms with Crippen molar-refractivity contribution >= 4 is 17.5 Å². The Kier molecular flexibility index (Phi) is 7.68. The van der Waals surface area contributed by atoms with Crippen LogP contribution in [-0.4, -0.2) is 42.4 Å². The number of nitrogens with zero attached hydrogens (tertiary/aromatic N) is 1. The van der Waals surface area contributed by atoms with E-state index < -0.39 is 0 Å². The maximum atomic E-state index is 11.7. The number of unbranched alkanes of at least 4 members (excludes halogenated alkanes) is 1. The summed E-state index contributed by atoms with van der Waals surface area (Å²) in [5, 5.41) is 3.08. The first-order chi connectivity index (χ1) is 8.65. The van der Waals surface area contributed by atoms with Gasteiger partial charge in [-0.15, -0.1) is 11.6 Å². The molecule has 3 nitrogen and oxygen atoms in total. The Labute approximate surface area is 116 Å². The van der Waals surface area contributed by atoms with Crippen LogP contribution in [0.3, 0.4) is 0 Å². The van der Waals surface area contributed by atoms with Crippen LogP contribution < -0.4 is 5.32 Å². The summed E-state index contributed by atoms with van der Waals surface area (Å²) in [6.07, 6.45) is 5.03. The molecular formula is C14H27ClN2O. The number of nitrogens with one attached hydrogen (secondary N) is 1. The van der Waals surface area contributed by atoms with Crippen LogP contribution >= 0.6 is 11.6 Å². The number of likely N-dealkylation sites (tertiary alicyclic amines) is 1. The van der Waals surface area contributed by atoms with Crippen molar-refractivity contribution in [1.29, 1.82) is 0 Å². The molecule has 0 spiro atoms. The van der Waals surface area contributed by atoms with Crippen LogP contribution in [0.4, 0.5) is 0 Å². The van der Waals surface area contributed by atoms with Gasteiger partial charge in [0.05, 0.1) is 0 Å². The van der Waals surface area contributed by atoms with Crippen LogP contribution in [0.15, 0.2) is 0 Å². The van der Waals surface area contributed by atoms with Gasteiger partial charge >= 0.3 is 0 Å². The third kappa shape index (κ3) is 5.57. The molecule has 1 heterocycles. The Morgan fingerprint density at radius 2 is 1.94 bits per heavy atom. The molecule has 0 radical (unpaired) electrons. The predicted octanol–water partition coefficient (Wildman–Crippen LogP) is 2.63. The van der Waals surface area contributed by atoms with Gasteiger partial charge in [-0.1, -0.05) is 13.8 Å². The zero-order valence-electron chi connectivity index (χ0n) is 11.8. The lowest BCUT2D eigenvalue weighted by Gasteiger charge is -2.31. The number of carbonyl (C=O) groups is 1. The molecule has 106 valence electrons. The quantitative estimate of drug-likeness (QED) is 0.545. The third-order valence-corrected chi connectivity index (χ3v) is 3.94. The Morgan fingerprint density at radius 1 is 1.28 bits per heavy atom. The zero-order chi connectivity index (χ0) is 13.4. The minimum absolute atomic E-state index is 0.171. The Balaban J connectivity index is 2.26. The number of rotatable bonds is 8. The van der Waals surface area contributed by atoms with E-state index in [1.54, 1.807) is 0 Å². The Hall–Kier alpha value is -0.280. The van der Waals surface area contributed by atoms with Gasteiger partial charge in [-0.3, -0.25) is 9.69 Å². The lowest BCUT2D eigenvalue weighted by Crippen LogP contribution is -2.45. The van der Waals surface area contributed by atoms with Crippen molar-refractivity contribution in [3.8, 4) is 0 Å². The second-order valence-electron chi connectivity index (χ2n) is 5.50. The van der Waals surface area contributed by atoms with Gasteiger partial charge in [0.15, 0.2) is 0 Å². The summed E-state index contributed by atoms with van der Waals surface area (Å²) < 4.78 is 0. The van der Waals surface area contributed by atoms with E-state index in [1.165, 1.54) is 25.9 Å². The van der Waals surface area contributed by atoms with Gasteiger partial charge in [0.25, 0.3) is 0 Å². The Morgan fingerprint density at radius 3 is 2.50 bits per heavy atom. The molecule has 0 aromatic rings. The van der Waals surface area contributed by atoms with E-state index in [4.69, 9.17) is 11.6 Å². The number of halogens is 1. The lowest BCUT2D eigenvalue weighted by molar-refractivity contribution is -0.121. The van der Waals surface area contributed by atoms with Crippen LogP contribution in [0.25, 0.3) is 0 Å². The maximum absolute atomic E-state index is 11.7. The monoisotopic (exact) mass is 274 g/mol. The molecule has 1 fully saturated rings. The summed E-state index contributed by atoms with van der Waals surface area (Å²) in [4.78, 5) is 14.2. The van der Waals surface area contributed by atoms with Gasteiger partial charge in [0, 0.05) is 24.9 Å². The molecule has 1 unspecified atom stereocenters. The van der Waals surface area contributed by atoms with Crippen LogP contribution in [0.1, 0.15) is 46.0 Å². The molecule has 1 rings (SSSR count). The highest BCUT2D eigenvalue weighted by atomic mass is 35.5. The highest BCUT2D eigenvalue weighted by molar-refractivity contribution is 6.17. The van der Waals surface area contributed by atoms with E-state index in [0.717, 1.165) is 19.4 Å². The second kappa shape index (κ2) is 8.76. The van der Waals surface area contributed by atoms with E-state index >= 15 is 0 Å². The summed E-state index contributed by atoms with van der Waals surface area (Å²) in [5.41, 5.74) is 0. The maximum Gasteiger partial charge on any atom is 0.220 e. The van der Waals surface area contributed by atoms with Crippen molar-refractivity contribution < 1.29 is 4.79 Å². The third-order valence-electron chi connectivity index (χ3n) is 3.68. The average molecular weight is 275 g/mol. The van der Waals surface area contributed by atoms with Gasteiger partial charge in [-0.05, 0) is 44.7 Å². The van der Waals surface area contributed by atoms with E-state index in [2.05, 4.69) is 24.1 Å². The smallest absolute Gasteiger partial charge is 0.220 e. The van der Waals surface area contributed by atoms with Crippen LogP contribution in [-0.2, 0) is 4.79 Å². The number of hydrogen-bond acceptors (Lipinski definition) is 2. The predicted molar refractivity (Wildman–Crippen MR) is 77.0 cm³/mol. The number of hydrogen-bond donors (Lipinski definition) is 1. The molecule has 0 bridgehead atoms. The van der Waals surface area contributed by atoms with Gasteiger partial charge in [0.2, 0.25) is 5.91 Å². The minimum atomic E-state index is 0.171. The fourth-order valence-corrected chi connectivity index (χ4v) is 2.74. The largest absolute Gasteiger partial charge is 0.355 e. The van der Waals surface area contributed by atoms with E-state index in [0.29, 0.717) is 24.3 Å². The van der Waals surface area contributed by atoms with Crippen molar-refractivity contribution in [1.82, 2.24) is 10.2 Å². The summed E-state index contributed by atoms with van der Waals surface area (Å²) in [5.74, 6) is 1.41. The molecule has 1 atom stereocenters. The van der Waals surface area contributed by atoms with Crippen LogP contribution in [0.5, 0.6) is 0 Å². The molecule has 0 aromatic carbocycles. The van der Waals surface area contributed by atoms with Gasteiger partial charge in [-0.2, -0.15) is 0 Å². The molecule has 0 saturated carbocycles. The van der Waals surface area contributed by atoms with Gasteiger partial charge < -0.3 is 5.32 Å². The topological polar surface area (TPSA) is 32.3 Å². The van der Waals surface area contributed by atoms with Crippen molar-refractivity contribution in [2.24, 2.45) is 5.92 Å². The van der Waals surface area contributed by atoms with Gasteiger partial charge in [0.1, 0.15) is 0 Å². The first-order valence-corrected chi connectivity index (χ1v) is 7.75. The molecule has 4 heteroatoms. The highest BCUT2D eigenvalue weighted by Gasteiger charge is 2.24. The SMILES string of the molecule is CC(C)C(CNC(=O)CCCCCl)N1CCCC1. The summed E-state index contributed by atoms with van der Waals surface area (Å²) in [6, 6.07) is 0.490. The highest BCUT2D eigenvalue weighted by Crippen LogP contribution is 2.17. The van der Waals surface area contributed by atoms with E-state index in [1.807, 2.05) is 0 Å². The lowest BCUT2D eigenvalue weighted by atomic mass is 10.0. The molecule has 1 aliphatic heterocycles. The first-order valence-electron chi connectivity index (χ1n) is 7.22. The summed E-state index contributed by atoms with van der Waals surface area (Å²) in [6.45, 7) is 7.64. The van der Waals surface area contributed by atoms with Crippen LogP contribution in [0.2, 0.25) is 0 Å². The average Bonchev–Trinajstić information content (AvgIpc) is 2.83. The molecule has 1 amide bonds. The number of carbonyl (C=O) groups excluding carboxylic acids is 1. The summed E-state index contributed by atoms with van der Waals surface area (Å²) >= 11 is 5.60. The first kappa shape index (κ1) is 15.8. The standard InChI is InChI=1S/C14H27ClN2O/c1-12(2)13(17-9-5-6-10-17)11-16-14(18)7-3-4-8-15/h12-13H,3-11H2,1-2H3,(H,16,18). The van der Waals surface area contributed by atoms with Gasteiger partial charge in [-0.25, -0.2) is 0 Å². The van der Waals surface area contributed by atoms with E-state index in [9.17, 15) is 4.79 Å². The van der Waals surface area contributed by atoms with Crippen molar-refractivity contribution in [2.45, 2.75) is 52.0 Å². The second-order valence-corrected chi connectivity index (χ2v) is 5.88. The Bertz CT molecular complexity index is 240. The summed E-state index contributed by atoms with van der Waals surface area (Å²) in [7, 11) is 0. The van der Waals surface area contributed by atoms with Crippen molar-refractivity contribution in [3.63, 3.8) is 0 Å². The molecule has 1 saturated heterocycles. The normalized spacial score (nSPS) is 18.2. The fraction of sp³-hybridized carbons (Fsp3) is 0.929. The van der Waals surface area contributed by atoms with Crippen molar-refractivity contribution in [2.75, 3.05) is 25.5 Å². The molecular weight excluding hydrogens is 248 g/mol. The molecule has 1 N–H and O–H groups in total. The minimum Gasteiger partial charge on any atom is -0.355 e. The fourth-order valence-electron chi connectivity index (χ4n) is 2.55. The number of alkyl halides is 1. The molecule has 18 heavy (non-hydrogen) atoms. The molecule has 0 aromatic heterocycles. The van der Waals surface area contributed by atoms with Crippen molar-refractivity contribution in [3.05, 3.63) is 0 Å². The van der Waals surface area contributed by atoms with E-state index in [-0.39, 0.29) is 5.91 Å². The van der Waals surface area contributed by atoms with Crippen LogP contribution in [0, 0.1) is 5.92 Å². The molecule has 1 aliphatic rings. The number of amides is 1.